The third kappa shape index (κ3) is 5.49. The standard InChI is InChI=1S/C18H27N3/c1-16-6-2-4-12-21(16)13-5-3-11-20-15-18-9-7-17(14-19)8-10-18/h7-10,16,20H,2-6,11-13,15H2,1H3. The first kappa shape index (κ1) is 16.0. The van der Waals surface area contributed by atoms with E-state index >= 15 is 0 Å². The van der Waals surface area contributed by atoms with Crippen LogP contribution in [0.2, 0.25) is 0 Å². The predicted octanol–water partition coefficient (Wildman–Crippen LogP) is 3.30. The summed E-state index contributed by atoms with van der Waals surface area (Å²) in [5.41, 5.74) is 1.98. The Morgan fingerprint density at radius 1 is 1.24 bits per heavy atom. The van der Waals surface area contributed by atoms with E-state index in [1.807, 2.05) is 24.3 Å². The first-order valence-electron chi connectivity index (χ1n) is 8.23. The minimum absolute atomic E-state index is 0.731. The second-order valence-corrected chi connectivity index (χ2v) is 6.07. The molecule has 0 bridgehead atoms. The van der Waals surface area contributed by atoms with Crippen LogP contribution in [0.5, 0.6) is 0 Å². The highest BCUT2D eigenvalue weighted by molar-refractivity contribution is 5.31. The van der Waals surface area contributed by atoms with Gasteiger partial charge in [0.05, 0.1) is 11.6 Å². The summed E-state index contributed by atoms with van der Waals surface area (Å²) in [4.78, 5) is 2.64. The van der Waals surface area contributed by atoms with Gasteiger partial charge in [-0.1, -0.05) is 18.6 Å². The molecule has 0 radical (unpaired) electrons. The van der Waals surface area contributed by atoms with Crippen LogP contribution >= 0.6 is 0 Å². The number of likely N-dealkylation sites (tertiary alicyclic amines) is 1. The molecule has 0 saturated carbocycles. The van der Waals surface area contributed by atoms with Crippen LogP contribution in [0.1, 0.15) is 50.2 Å². The third-order valence-corrected chi connectivity index (χ3v) is 4.40. The summed E-state index contributed by atoms with van der Waals surface area (Å²) < 4.78 is 0. The minimum atomic E-state index is 0.731. The molecule has 1 heterocycles. The summed E-state index contributed by atoms with van der Waals surface area (Å²) in [5.74, 6) is 0. The quantitative estimate of drug-likeness (QED) is 0.781. The number of nitrogens with one attached hydrogen (secondary N) is 1. The highest BCUT2D eigenvalue weighted by atomic mass is 15.1. The van der Waals surface area contributed by atoms with Crippen molar-refractivity contribution in [2.45, 2.75) is 51.6 Å². The van der Waals surface area contributed by atoms with E-state index in [0.717, 1.165) is 24.7 Å². The number of hydrogen-bond donors (Lipinski definition) is 1. The van der Waals surface area contributed by atoms with Crippen molar-refractivity contribution in [2.24, 2.45) is 0 Å². The molecule has 1 unspecified atom stereocenters. The van der Waals surface area contributed by atoms with Gasteiger partial charge in [0.2, 0.25) is 0 Å². The van der Waals surface area contributed by atoms with Gasteiger partial charge in [0, 0.05) is 12.6 Å². The summed E-state index contributed by atoms with van der Waals surface area (Å²) in [5, 5.41) is 12.2. The largest absolute Gasteiger partial charge is 0.313 e. The van der Waals surface area contributed by atoms with Crippen molar-refractivity contribution in [3.8, 4) is 6.07 Å². The molecule has 0 amide bonds. The lowest BCUT2D eigenvalue weighted by Gasteiger charge is -2.33. The lowest BCUT2D eigenvalue weighted by molar-refractivity contribution is 0.158. The van der Waals surface area contributed by atoms with Gasteiger partial charge in [-0.25, -0.2) is 0 Å². The molecule has 0 aliphatic carbocycles. The highest BCUT2D eigenvalue weighted by Crippen LogP contribution is 2.16. The van der Waals surface area contributed by atoms with E-state index in [1.54, 1.807) is 0 Å². The molecule has 1 saturated heterocycles. The van der Waals surface area contributed by atoms with Crippen molar-refractivity contribution in [1.82, 2.24) is 10.2 Å². The van der Waals surface area contributed by atoms with Crippen molar-refractivity contribution < 1.29 is 0 Å². The van der Waals surface area contributed by atoms with Crippen LogP contribution in [0.15, 0.2) is 24.3 Å². The number of piperidine rings is 1. The second-order valence-electron chi connectivity index (χ2n) is 6.07. The molecule has 1 fully saturated rings. The fourth-order valence-corrected chi connectivity index (χ4v) is 2.98. The Kier molecular flexibility index (Phi) is 6.72. The van der Waals surface area contributed by atoms with Crippen LogP contribution in [0, 0.1) is 11.3 Å². The number of nitrogens with zero attached hydrogens (tertiary/aromatic N) is 2. The Morgan fingerprint density at radius 3 is 2.76 bits per heavy atom. The number of rotatable bonds is 7. The van der Waals surface area contributed by atoms with Crippen LogP contribution in [0.25, 0.3) is 0 Å². The van der Waals surface area contributed by atoms with E-state index in [-0.39, 0.29) is 0 Å². The molecule has 0 spiro atoms. The number of nitriles is 1. The van der Waals surface area contributed by atoms with Crippen molar-refractivity contribution in [3.05, 3.63) is 35.4 Å². The number of hydrogen-bond acceptors (Lipinski definition) is 3. The molecule has 21 heavy (non-hydrogen) atoms. The summed E-state index contributed by atoms with van der Waals surface area (Å²) in [6, 6.07) is 10.8. The average Bonchev–Trinajstić information content (AvgIpc) is 2.53. The van der Waals surface area contributed by atoms with E-state index in [2.05, 4.69) is 23.2 Å². The van der Waals surface area contributed by atoms with Gasteiger partial charge >= 0.3 is 0 Å². The van der Waals surface area contributed by atoms with Gasteiger partial charge in [0.25, 0.3) is 0 Å². The molecular formula is C18H27N3. The monoisotopic (exact) mass is 285 g/mol. The first-order valence-corrected chi connectivity index (χ1v) is 8.23. The van der Waals surface area contributed by atoms with Crippen molar-refractivity contribution in [1.29, 1.82) is 5.26 Å². The van der Waals surface area contributed by atoms with Crippen molar-refractivity contribution >= 4 is 0 Å². The maximum atomic E-state index is 8.76. The maximum Gasteiger partial charge on any atom is 0.0991 e. The maximum absolute atomic E-state index is 8.76. The fourth-order valence-electron chi connectivity index (χ4n) is 2.98. The second kappa shape index (κ2) is 8.81. The average molecular weight is 285 g/mol. The number of unbranched alkanes of at least 4 members (excludes halogenated alkanes) is 1. The van der Waals surface area contributed by atoms with Crippen LogP contribution in [0.3, 0.4) is 0 Å². The van der Waals surface area contributed by atoms with Gasteiger partial charge in [0.15, 0.2) is 0 Å². The zero-order chi connectivity index (χ0) is 14.9. The molecule has 3 heteroatoms. The molecule has 0 aromatic heterocycles. The van der Waals surface area contributed by atoms with E-state index in [9.17, 15) is 0 Å². The Hall–Kier alpha value is -1.37. The van der Waals surface area contributed by atoms with Gasteiger partial charge in [0.1, 0.15) is 0 Å². The van der Waals surface area contributed by atoms with Crippen molar-refractivity contribution in [2.75, 3.05) is 19.6 Å². The van der Waals surface area contributed by atoms with E-state index in [4.69, 9.17) is 5.26 Å². The molecule has 2 rings (SSSR count). The summed E-state index contributed by atoms with van der Waals surface area (Å²) in [6.45, 7) is 6.87. The number of benzene rings is 1. The summed E-state index contributed by atoms with van der Waals surface area (Å²) in [6.07, 6.45) is 6.67. The Morgan fingerprint density at radius 2 is 2.05 bits per heavy atom. The van der Waals surface area contributed by atoms with Gasteiger partial charge in [-0.15, -0.1) is 0 Å². The molecule has 3 nitrogen and oxygen atoms in total. The molecule has 114 valence electrons. The third-order valence-electron chi connectivity index (χ3n) is 4.40. The lowest BCUT2D eigenvalue weighted by atomic mass is 10.0. The molecule has 1 N–H and O–H groups in total. The van der Waals surface area contributed by atoms with Crippen LogP contribution < -0.4 is 5.32 Å². The van der Waals surface area contributed by atoms with E-state index in [0.29, 0.717) is 0 Å². The summed E-state index contributed by atoms with van der Waals surface area (Å²) in [7, 11) is 0. The normalized spacial score (nSPS) is 19.3. The highest BCUT2D eigenvalue weighted by Gasteiger charge is 2.16. The van der Waals surface area contributed by atoms with Gasteiger partial charge in [-0.3, -0.25) is 0 Å². The van der Waals surface area contributed by atoms with Gasteiger partial charge < -0.3 is 10.2 Å². The lowest BCUT2D eigenvalue weighted by Crippen LogP contribution is -2.38. The van der Waals surface area contributed by atoms with Crippen molar-refractivity contribution in [3.63, 3.8) is 0 Å². The molecule has 1 atom stereocenters. The zero-order valence-corrected chi connectivity index (χ0v) is 13.1. The molecule has 1 aromatic carbocycles. The Balaban J connectivity index is 1.54. The molecule has 1 aliphatic rings. The van der Waals surface area contributed by atoms with E-state index < -0.39 is 0 Å². The molecular weight excluding hydrogens is 258 g/mol. The minimum Gasteiger partial charge on any atom is -0.313 e. The molecule has 1 aromatic rings. The zero-order valence-electron chi connectivity index (χ0n) is 13.1. The Bertz CT molecular complexity index is 447. The predicted molar refractivity (Wildman–Crippen MR) is 87.0 cm³/mol. The van der Waals surface area contributed by atoms with Crippen LogP contribution in [-0.2, 0) is 6.54 Å². The topological polar surface area (TPSA) is 39.1 Å². The Labute approximate surface area is 129 Å². The van der Waals surface area contributed by atoms with Gasteiger partial charge in [-0.05, 0) is 69.9 Å². The van der Waals surface area contributed by atoms with Crippen LogP contribution in [-0.4, -0.2) is 30.6 Å². The van der Waals surface area contributed by atoms with E-state index in [1.165, 1.54) is 50.8 Å². The summed E-state index contributed by atoms with van der Waals surface area (Å²) >= 11 is 0. The fraction of sp³-hybridized carbons (Fsp3) is 0.611. The van der Waals surface area contributed by atoms with Crippen LogP contribution in [0.4, 0.5) is 0 Å². The first-order chi connectivity index (χ1) is 10.3. The molecule has 1 aliphatic heterocycles. The van der Waals surface area contributed by atoms with Gasteiger partial charge in [-0.2, -0.15) is 5.26 Å². The SMILES string of the molecule is CC1CCCCN1CCCCNCc1ccc(C#N)cc1. The smallest absolute Gasteiger partial charge is 0.0991 e.